The number of benzene rings is 2. The van der Waals surface area contributed by atoms with Crippen molar-refractivity contribution >= 4 is 40.3 Å². The van der Waals surface area contributed by atoms with Crippen LogP contribution >= 0.6 is 11.6 Å². The summed E-state index contributed by atoms with van der Waals surface area (Å²) in [5.74, 6) is -0.579. The molecule has 1 N–H and O–H groups in total. The van der Waals surface area contributed by atoms with E-state index in [0.717, 1.165) is 0 Å². The van der Waals surface area contributed by atoms with Crippen LogP contribution in [-0.2, 0) is 20.7 Å². The van der Waals surface area contributed by atoms with Gasteiger partial charge in [0.05, 0.1) is 19.0 Å². The van der Waals surface area contributed by atoms with Crippen molar-refractivity contribution in [3.8, 4) is 5.75 Å². The highest BCUT2D eigenvalue weighted by atomic mass is 35.5. The Balaban J connectivity index is 1.96. The Morgan fingerprint density at radius 3 is 2.41 bits per heavy atom. The molecule has 3 rings (SSSR count). The van der Waals surface area contributed by atoms with Gasteiger partial charge in [-0.25, -0.2) is 0 Å². The van der Waals surface area contributed by atoms with Gasteiger partial charge in [-0.2, -0.15) is 0 Å². The summed E-state index contributed by atoms with van der Waals surface area (Å²) >= 11 is 5.95. The molecule has 0 fully saturated rings. The van der Waals surface area contributed by atoms with Gasteiger partial charge in [0.2, 0.25) is 0 Å². The van der Waals surface area contributed by atoms with Crippen LogP contribution in [0, 0.1) is 6.92 Å². The van der Waals surface area contributed by atoms with Gasteiger partial charge >= 0.3 is 5.97 Å². The fourth-order valence-corrected chi connectivity index (χ4v) is 3.63. The van der Waals surface area contributed by atoms with E-state index in [-0.39, 0.29) is 30.9 Å². The van der Waals surface area contributed by atoms with Gasteiger partial charge in [0.25, 0.3) is 11.8 Å². The second-order valence-corrected chi connectivity index (χ2v) is 8.09. The zero-order valence-electron chi connectivity index (χ0n) is 18.4. The van der Waals surface area contributed by atoms with Crippen molar-refractivity contribution in [1.29, 1.82) is 0 Å². The van der Waals surface area contributed by atoms with Gasteiger partial charge in [-0.15, -0.1) is 0 Å². The Kier molecular flexibility index (Phi) is 7.20. The highest BCUT2D eigenvalue weighted by Gasteiger charge is 2.23. The number of carbonyl (C=O) groups is 3. The van der Waals surface area contributed by atoms with Gasteiger partial charge in [0.1, 0.15) is 5.75 Å². The lowest BCUT2D eigenvalue weighted by Gasteiger charge is -2.09. The van der Waals surface area contributed by atoms with Crippen molar-refractivity contribution in [2.75, 3.05) is 13.7 Å². The number of carbonyl (C=O) groups excluding carboxylic acids is 3. The Morgan fingerprint density at radius 1 is 1.09 bits per heavy atom. The zero-order chi connectivity index (χ0) is 23.4. The standard InChI is InChI=1S/C24H25ClN2O5/c1-14(2)26-22(28)13-32-23(29)12-19-15(3)27(21-10-9-18(31-4)11-20(19)21)24(30)16-5-7-17(25)8-6-16/h5-11,14H,12-13H2,1-4H3,(H,26,28). The number of esters is 1. The van der Waals surface area contributed by atoms with Crippen molar-refractivity contribution in [2.24, 2.45) is 0 Å². The highest BCUT2D eigenvalue weighted by Crippen LogP contribution is 2.31. The Morgan fingerprint density at radius 2 is 1.78 bits per heavy atom. The molecular formula is C24H25ClN2O5. The summed E-state index contributed by atoms with van der Waals surface area (Å²) in [7, 11) is 1.55. The number of nitrogens with one attached hydrogen (secondary N) is 1. The molecule has 0 aliphatic carbocycles. The summed E-state index contributed by atoms with van der Waals surface area (Å²) in [5.41, 5.74) is 2.35. The maximum atomic E-state index is 13.3. The lowest BCUT2D eigenvalue weighted by molar-refractivity contribution is -0.148. The van der Waals surface area contributed by atoms with E-state index in [4.69, 9.17) is 21.1 Å². The van der Waals surface area contributed by atoms with E-state index in [9.17, 15) is 14.4 Å². The lowest BCUT2D eigenvalue weighted by Crippen LogP contribution is -2.34. The molecular weight excluding hydrogens is 432 g/mol. The van der Waals surface area contributed by atoms with Crippen molar-refractivity contribution < 1.29 is 23.9 Å². The number of hydrogen-bond acceptors (Lipinski definition) is 5. The number of rotatable bonds is 7. The average Bonchev–Trinajstić information content (AvgIpc) is 3.02. The van der Waals surface area contributed by atoms with Gasteiger partial charge in [0, 0.05) is 27.7 Å². The summed E-state index contributed by atoms with van der Waals surface area (Å²) in [4.78, 5) is 37.6. The Hall–Kier alpha value is -3.32. The molecule has 1 amide bonds. The van der Waals surface area contributed by atoms with Gasteiger partial charge in [-0.3, -0.25) is 19.0 Å². The molecule has 1 aromatic heterocycles. The first-order chi connectivity index (χ1) is 15.2. The van der Waals surface area contributed by atoms with Crippen LogP contribution in [0.3, 0.4) is 0 Å². The second-order valence-electron chi connectivity index (χ2n) is 7.65. The van der Waals surface area contributed by atoms with Crippen molar-refractivity contribution in [3.63, 3.8) is 0 Å². The molecule has 0 bridgehead atoms. The molecule has 8 heteroatoms. The third kappa shape index (κ3) is 5.11. The normalized spacial score (nSPS) is 10.9. The highest BCUT2D eigenvalue weighted by molar-refractivity contribution is 6.30. The summed E-state index contributed by atoms with van der Waals surface area (Å²) in [5, 5.41) is 3.90. The predicted molar refractivity (Wildman–Crippen MR) is 122 cm³/mol. The molecule has 2 aromatic carbocycles. The van der Waals surface area contributed by atoms with E-state index >= 15 is 0 Å². The second kappa shape index (κ2) is 9.87. The Labute approximate surface area is 191 Å². The number of methoxy groups -OCH3 is 1. The number of aromatic nitrogens is 1. The average molecular weight is 457 g/mol. The molecule has 3 aromatic rings. The summed E-state index contributed by atoms with van der Waals surface area (Å²) in [6.07, 6.45) is -0.0919. The van der Waals surface area contributed by atoms with Gasteiger partial charge < -0.3 is 14.8 Å². The molecule has 0 aliphatic rings. The molecule has 0 atom stereocenters. The van der Waals surface area contributed by atoms with Gasteiger partial charge in [-0.1, -0.05) is 11.6 Å². The van der Waals surface area contributed by atoms with E-state index in [2.05, 4.69) is 5.32 Å². The molecule has 0 saturated heterocycles. The third-order valence-corrected chi connectivity index (χ3v) is 5.22. The lowest BCUT2D eigenvalue weighted by atomic mass is 10.1. The molecule has 7 nitrogen and oxygen atoms in total. The minimum atomic E-state index is -0.562. The number of halogens is 1. The molecule has 32 heavy (non-hydrogen) atoms. The van der Waals surface area contributed by atoms with Crippen LogP contribution in [0.2, 0.25) is 5.02 Å². The number of nitrogens with zero attached hydrogens (tertiary/aromatic N) is 1. The van der Waals surface area contributed by atoms with Crippen LogP contribution < -0.4 is 10.1 Å². The zero-order valence-corrected chi connectivity index (χ0v) is 19.2. The van der Waals surface area contributed by atoms with E-state index in [1.807, 2.05) is 13.8 Å². The largest absolute Gasteiger partial charge is 0.497 e. The van der Waals surface area contributed by atoms with E-state index in [0.29, 0.717) is 38.5 Å². The fourth-order valence-electron chi connectivity index (χ4n) is 3.50. The molecule has 0 unspecified atom stereocenters. The van der Waals surface area contributed by atoms with Crippen molar-refractivity contribution in [2.45, 2.75) is 33.2 Å². The summed E-state index contributed by atoms with van der Waals surface area (Å²) < 4.78 is 12.0. The maximum Gasteiger partial charge on any atom is 0.310 e. The topological polar surface area (TPSA) is 86.6 Å². The molecule has 1 heterocycles. The summed E-state index contributed by atoms with van der Waals surface area (Å²) in [6.45, 7) is 5.06. The van der Waals surface area contributed by atoms with E-state index in [1.54, 1.807) is 61.1 Å². The SMILES string of the molecule is COc1ccc2c(c1)c(CC(=O)OCC(=O)NC(C)C)c(C)n2C(=O)c1ccc(Cl)cc1. The Bertz CT molecular complexity index is 1170. The van der Waals surface area contributed by atoms with E-state index < -0.39 is 5.97 Å². The molecule has 168 valence electrons. The maximum absolute atomic E-state index is 13.3. The number of fused-ring (bicyclic) bond motifs is 1. The van der Waals surface area contributed by atoms with Crippen molar-refractivity contribution in [1.82, 2.24) is 9.88 Å². The van der Waals surface area contributed by atoms with Gasteiger partial charge in [-0.05, 0) is 68.8 Å². The van der Waals surface area contributed by atoms with Crippen LogP contribution in [0.25, 0.3) is 10.9 Å². The van der Waals surface area contributed by atoms with Crippen LogP contribution in [0.5, 0.6) is 5.75 Å². The first-order valence-electron chi connectivity index (χ1n) is 10.1. The molecule has 0 saturated carbocycles. The quantitative estimate of drug-likeness (QED) is 0.545. The van der Waals surface area contributed by atoms with Crippen LogP contribution in [0.4, 0.5) is 0 Å². The fraction of sp³-hybridized carbons (Fsp3) is 0.292. The molecule has 0 radical (unpaired) electrons. The monoisotopic (exact) mass is 456 g/mol. The van der Waals surface area contributed by atoms with Crippen LogP contribution in [0.15, 0.2) is 42.5 Å². The van der Waals surface area contributed by atoms with E-state index in [1.165, 1.54) is 0 Å². The summed E-state index contributed by atoms with van der Waals surface area (Å²) in [6, 6.07) is 11.9. The first kappa shape index (κ1) is 23.3. The van der Waals surface area contributed by atoms with Gasteiger partial charge in [0.15, 0.2) is 6.61 Å². The number of ether oxygens (including phenoxy) is 2. The number of amides is 1. The van der Waals surface area contributed by atoms with Crippen molar-refractivity contribution in [3.05, 3.63) is 64.3 Å². The molecule has 0 aliphatic heterocycles. The third-order valence-electron chi connectivity index (χ3n) is 4.97. The van der Waals surface area contributed by atoms with Crippen LogP contribution in [-0.4, -0.2) is 42.1 Å². The first-order valence-corrected chi connectivity index (χ1v) is 10.5. The predicted octanol–water partition coefficient (Wildman–Crippen LogP) is 3.91. The molecule has 0 spiro atoms. The number of hydrogen-bond donors (Lipinski definition) is 1. The smallest absolute Gasteiger partial charge is 0.310 e. The minimum Gasteiger partial charge on any atom is -0.497 e. The minimum absolute atomic E-state index is 0.0484. The van der Waals surface area contributed by atoms with Crippen LogP contribution in [0.1, 0.15) is 35.5 Å².